The van der Waals surface area contributed by atoms with Crippen LogP contribution in [0, 0.1) is 10.1 Å². The molecule has 0 spiro atoms. The number of nitro groups is 1. The summed E-state index contributed by atoms with van der Waals surface area (Å²) in [7, 11) is 0. The molecule has 1 aromatic carbocycles. The molecule has 0 saturated heterocycles. The maximum absolute atomic E-state index is 10.8. The highest BCUT2D eigenvalue weighted by atomic mass is 16.6. The van der Waals surface area contributed by atoms with Crippen LogP contribution in [0.4, 0.5) is 5.69 Å². The van der Waals surface area contributed by atoms with E-state index >= 15 is 0 Å². The van der Waals surface area contributed by atoms with Crippen LogP contribution < -0.4 is 0 Å². The summed E-state index contributed by atoms with van der Waals surface area (Å²) in [4.78, 5) is 14.2. The quantitative estimate of drug-likeness (QED) is 0.646. The van der Waals surface area contributed by atoms with E-state index in [9.17, 15) is 15.2 Å². The van der Waals surface area contributed by atoms with Crippen LogP contribution in [-0.4, -0.2) is 15.0 Å². The Labute approximate surface area is 97.5 Å². The van der Waals surface area contributed by atoms with Gasteiger partial charge in [-0.25, -0.2) is 0 Å². The largest absolute Gasteiger partial charge is 0.383 e. The molecule has 2 rings (SSSR count). The molecule has 0 fully saturated rings. The van der Waals surface area contributed by atoms with Gasteiger partial charge in [-0.2, -0.15) is 0 Å². The Morgan fingerprint density at radius 2 is 1.82 bits per heavy atom. The number of hydrogen-bond donors (Lipinski definition) is 1. The second kappa shape index (κ2) is 4.71. The molecule has 0 aliphatic heterocycles. The summed E-state index contributed by atoms with van der Waals surface area (Å²) < 4.78 is 0. The molecular formula is C12H10N2O3. The minimum absolute atomic E-state index is 0.0863. The van der Waals surface area contributed by atoms with E-state index in [1.54, 1.807) is 30.3 Å². The van der Waals surface area contributed by atoms with E-state index in [-0.39, 0.29) is 11.3 Å². The highest BCUT2D eigenvalue weighted by Crippen LogP contribution is 2.28. The molecule has 0 bridgehead atoms. The fourth-order valence-corrected chi connectivity index (χ4v) is 1.61. The third-order valence-corrected chi connectivity index (χ3v) is 2.45. The normalized spacial score (nSPS) is 12.1. The molecule has 0 aliphatic rings. The molecule has 1 heterocycles. The lowest BCUT2D eigenvalue weighted by molar-refractivity contribution is -0.386. The fourth-order valence-electron chi connectivity index (χ4n) is 1.61. The van der Waals surface area contributed by atoms with Crippen molar-refractivity contribution in [2.75, 3.05) is 0 Å². The highest BCUT2D eigenvalue weighted by Gasteiger charge is 2.20. The maximum Gasteiger partial charge on any atom is 0.275 e. The van der Waals surface area contributed by atoms with Gasteiger partial charge in [0.1, 0.15) is 6.10 Å². The van der Waals surface area contributed by atoms with Crippen molar-refractivity contribution in [2.24, 2.45) is 0 Å². The Bertz CT molecular complexity index is 528. The van der Waals surface area contributed by atoms with E-state index in [0.717, 1.165) is 0 Å². The number of hydrogen-bond acceptors (Lipinski definition) is 4. The van der Waals surface area contributed by atoms with Crippen molar-refractivity contribution in [1.82, 2.24) is 4.98 Å². The van der Waals surface area contributed by atoms with Crippen molar-refractivity contribution in [3.05, 3.63) is 70.0 Å². The number of aromatic nitrogens is 1. The summed E-state index contributed by atoms with van der Waals surface area (Å²) in [6.45, 7) is 0. The number of nitrogens with zero attached hydrogens (tertiary/aromatic N) is 2. The van der Waals surface area contributed by atoms with Crippen LogP contribution in [0.15, 0.2) is 48.8 Å². The molecule has 2 aromatic rings. The van der Waals surface area contributed by atoms with Gasteiger partial charge in [-0.15, -0.1) is 0 Å². The first-order valence-corrected chi connectivity index (χ1v) is 5.01. The first kappa shape index (κ1) is 11.2. The number of aliphatic hydroxyl groups excluding tert-OH is 1. The maximum atomic E-state index is 10.8. The average Bonchev–Trinajstić information content (AvgIpc) is 2.39. The summed E-state index contributed by atoms with van der Waals surface area (Å²) in [5, 5.41) is 20.9. The number of para-hydroxylation sites is 1. The summed E-state index contributed by atoms with van der Waals surface area (Å²) >= 11 is 0. The lowest BCUT2D eigenvalue weighted by Crippen LogP contribution is -2.03. The molecule has 5 heteroatoms. The zero-order chi connectivity index (χ0) is 12.3. The van der Waals surface area contributed by atoms with Crippen LogP contribution >= 0.6 is 0 Å². The molecule has 1 aromatic heterocycles. The van der Waals surface area contributed by atoms with Crippen LogP contribution in [0.3, 0.4) is 0 Å². The van der Waals surface area contributed by atoms with Crippen LogP contribution in [0.25, 0.3) is 0 Å². The molecular weight excluding hydrogens is 220 g/mol. The molecule has 0 aliphatic carbocycles. The molecule has 0 saturated carbocycles. The zero-order valence-corrected chi connectivity index (χ0v) is 8.85. The van der Waals surface area contributed by atoms with Crippen LogP contribution in [0.1, 0.15) is 17.2 Å². The van der Waals surface area contributed by atoms with Gasteiger partial charge in [-0.3, -0.25) is 15.1 Å². The van der Waals surface area contributed by atoms with Crippen molar-refractivity contribution >= 4 is 5.69 Å². The number of aliphatic hydroxyl groups is 1. The molecule has 0 amide bonds. The van der Waals surface area contributed by atoms with Gasteiger partial charge in [0.25, 0.3) is 5.69 Å². The predicted octanol–water partition coefficient (Wildman–Crippen LogP) is 2.07. The van der Waals surface area contributed by atoms with E-state index in [1.807, 2.05) is 0 Å². The zero-order valence-electron chi connectivity index (χ0n) is 8.85. The van der Waals surface area contributed by atoms with Crippen molar-refractivity contribution in [3.8, 4) is 0 Å². The van der Waals surface area contributed by atoms with Crippen molar-refractivity contribution in [3.63, 3.8) is 0 Å². The van der Waals surface area contributed by atoms with E-state index in [4.69, 9.17) is 0 Å². The Hall–Kier alpha value is -2.27. The molecule has 1 N–H and O–H groups in total. The number of rotatable bonds is 3. The van der Waals surface area contributed by atoms with Crippen molar-refractivity contribution in [1.29, 1.82) is 0 Å². The van der Waals surface area contributed by atoms with Gasteiger partial charge in [0.05, 0.1) is 10.5 Å². The van der Waals surface area contributed by atoms with Crippen molar-refractivity contribution < 1.29 is 10.0 Å². The van der Waals surface area contributed by atoms with E-state index < -0.39 is 11.0 Å². The summed E-state index contributed by atoms with van der Waals surface area (Å²) in [6.07, 6.45) is 2.06. The lowest BCUT2D eigenvalue weighted by Gasteiger charge is -2.10. The minimum atomic E-state index is -1.01. The standard InChI is InChI=1S/C12H10N2O3/c15-12(9-5-7-13-8-6-9)10-3-1-2-4-11(10)14(16)17/h1-8,12,15H. The Balaban J connectivity index is 2.44. The average molecular weight is 230 g/mol. The van der Waals surface area contributed by atoms with Gasteiger partial charge in [0.2, 0.25) is 0 Å². The molecule has 5 nitrogen and oxygen atoms in total. The topological polar surface area (TPSA) is 76.3 Å². The van der Waals surface area contributed by atoms with Gasteiger partial charge in [-0.05, 0) is 23.8 Å². The summed E-state index contributed by atoms with van der Waals surface area (Å²) in [6, 6.07) is 9.40. The fraction of sp³-hybridized carbons (Fsp3) is 0.0833. The van der Waals surface area contributed by atoms with E-state index in [2.05, 4.69) is 4.98 Å². The van der Waals surface area contributed by atoms with Gasteiger partial charge < -0.3 is 5.11 Å². The molecule has 1 unspecified atom stereocenters. The number of pyridine rings is 1. The Morgan fingerprint density at radius 1 is 1.18 bits per heavy atom. The third-order valence-electron chi connectivity index (χ3n) is 2.45. The number of nitro benzene ring substituents is 1. The van der Waals surface area contributed by atoms with E-state index in [1.165, 1.54) is 18.5 Å². The van der Waals surface area contributed by atoms with Crippen LogP contribution in [0.2, 0.25) is 0 Å². The lowest BCUT2D eigenvalue weighted by atomic mass is 10.0. The van der Waals surface area contributed by atoms with Crippen LogP contribution in [-0.2, 0) is 0 Å². The second-order valence-electron chi connectivity index (χ2n) is 3.50. The van der Waals surface area contributed by atoms with Gasteiger partial charge in [0, 0.05) is 18.5 Å². The Morgan fingerprint density at radius 3 is 2.47 bits per heavy atom. The molecule has 0 radical (unpaired) electrons. The molecule has 86 valence electrons. The summed E-state index contributed by atoms with van der Waals surface area (Å²) in [5.41, 5.74) is 0.773. The highest BCUT2D eigenvalue weighted by molar-refractivity contribution is 5.44. The van der Waals surface area contributed by atoms with Gasteiger partial charge in [-0.1, -0.05) is 12.1 Å². The molecule has 1 atom stereocenters. The monoisotopic (exact) mass is 230 g/mol. The van der Waals surface area contributed by atoms with E-state index in [0.29, 0.717) is 5.56 Å². The Kier molecular flexibility index (Phi) is 3.11. The first-order chi connectivity index (χ1) is 8.20. The van der Waals surface area contributed by atoms with Crippen LogP contribution in [0.5, 0.6) is 0 Å². The third kappa shape index (κ3) is 2.29. The van der Waals surface area contributed by atoms with Gasteiger partial charge >= 0.3 is 0 Å². The predicted molar refractivity (Wildman–Crippen MR) is 61.4 cm³/mol. The smallest absolute Gasteiger partial charge is 0.275 e. The van der Waals surface area contributed by atoms with Crippen molar-refractivity contribution in [2.45, 2.75) is 6.10 Å². The molecule has 17 heavy (non-hydrogen) atoms. The SMILES string of the molecule is O=[N+]([O-])c1ccccc1C(O)c1ccncc1. The van der Waals surface area contributed by atoms with Gasteiger partial charge in [0.15, 0.2) is 0 Å². The first-order valence-electron chi connectivity index (χ1n) is 5.01. The minimum Gasteiger partial charge on any atom is -0.383 e. The second-order valence-corrected chi connectivity index (χ2v) is 3.50. The number of benzene rings is 1. The summed E-state index contributed by atoms with van der Waals surface area (Å²) in [5.74, 6) is 0.